The highest BCUT2D eigenvalue weighted by molar-refractivity contribution is 9.10. The van der Waals surface area contributed by atoms with Crippen LogP contribution in [0, 0.1) is 31.6 Å². The second-order valence-electron chi connectivity index (χ2n) is 9.24. The largest absolute Gasteiger partial charge is 0.452 e. The van der Waals surface area contributed by atoms with Gasteiger partial charge in [-0.05, 0) is 86.6 Å². The fraction of sp³-hybridized carbons (Fsp3) is 0.385. The average Bonchev–Trinajstić information content (AvgIpc) is 3.05. The minimum atomic E-state index is -0.661. The minimum absolute atomic E-state index is 0.160. The van der Waals surface area contributed by atoms with Crippen LogP contribution in [0.3, 0.4) is 0 Å². The van der Waals surface area contributed by atoms with Crippen LogP contribution in [0.25, 0.3) is 0 Å². The van der Waals surface area contributed by atoms with E-state index in [2.05, 4.69) is 28.2 Å². The van der Waals surface area contributed by atoms with Crippen molar-refractivity contribution in [1.29, 1.82) is 0 Å². The van der Waals surface area contributed by atoms with Crippen molar-refractivity contribution < 1.29 is 23.9 Å². The van der Waals surface area contributed by atoms with Crippen molar-refractivity contribution in [2.45, 2.75) is 40.0 Å². The molecule has 2 aliphatic rings. The van der Waals surface area contributed by atoms with Crippen LogP contribution in [-0.4, -0.2) is 30.3 Å². The Labute approximate surface area is 207 Å². The number of nitrogens with zero attached hydrogens (tertiary/aromatic N) is 1. The molecule has 2 fully saturated rings. The van der Waals surface area contributed by atoms with Gasteiger partial charge in [-0.2, -0.15) is 0 Å². The number of aryl methyl sites for hydroxylation is 2. The predicted octanol–water partition coefficient (Wildman–Crippen LogP) is 4.79. The number of imide groups is 1. The van der Waals surface area contributed by atoms with E-state index in [1.54, 1.807) is 12.1 Å². The summed E-state index contributed by atoms with van der Waals surface area (Å²) >= 11 is 3.48. The molecule has 178 valence electrons. The summed E-state index contributed by atoms with van der Waals surface area (Å²) in [5, 5.41) is 2.72. The van der Waals surface area contributed by atoms with Crippen LogP contribution in [0.1, 0.15) is 47.7 Å². The Hall–Kier alpha value is -3.00. The van der Waals surface area contributed by atoms with E-state index in [1.807, 2.05) is 26.0 Å². The summed E-state index contributed by atoms with van der Waals surface area (Å²) in [7, 11) is 0. The molecular formula is C26H27BrN2O5. The summed E-state index contributed by atoms with van der Waals surface area (Å²) in [6, 6.07) is 9.80. The first kappa shape index (κ1) is 24.1. The number of esters is 1. The number of nitrogens with one attached hydrogen (secondary N) is 1. The van der Waals surface area contributed by atoms with Crippen LogP contribution in [0.4, 0.5) is 11.4 Å². The molecule has 3 atom stereocenters. The smallest absolute Gasteiger partial charge is 0.338 e. The van der Waals surface area contributed by atoms with Gasteiger partial charge < -0.3 is 10.1 Å². The minimum Gasteiger partial charge on any atom is -0.452 e. The Bertz CT molecular complexity index is 1140. The highest BCUT2D eigenvalue weighted by Gasteiger charge is 2.49. The zero-order chi connectivity index (χ0) is 24.6. The summed E-state index contributed by atoms with van der Waals surface area (Å²) in [5.41, 5.74) is 3.27. The lowest BCUT2D eigenvalue weighted by Crippen LogP contribution is -2.30. The number of ether oxygens (including phenoxy) is 1. The molecule has 0 radical (unpaired) electrons. The van der Waals surface area contributed by atoms with Crippen LogP contribution in [-0.2, 0) is 19.1 Å². The Balaban J connectivity index is 1.36. The molecule has 0 unspecified atom stereocenters. The van der Waals surface area contributed by atoms with Gasteiger partial charge in [0.2, 0.25) is 11.8 Å². The summed E-state index contributed by atoms with van der Waals surface area (Å²) in [6.07, 6.45) is 2.42. The molecule has 0 spiro atoms. The van der Waals surface area contributed by atoms with E-state index in [-0.39, 0.29) is 29.2 Å². The molecule has 0 bridgehead atoms. The zero-order valence-electron chi connectivity index (χ0n) is 19.4. The van der Waals surface area contributed by atoms with E-state index in [1.165, 1.54) is 17.0 Å². The topological polar surface area (TPSA) is 92.8 Å². The lowest BCUT2D eigenvalue weighted by Gasteiger charge is -2.25. The van der Waals surface area contributed by atoms with Crippen molar-refractivity contribution >= 4 is 51.0 Å². The molecule has 34 heavy (non-hydrogen) atoms. The molecule has 2 aromatic rings. The van der Waals surface area contributed by atoms with Gasteiger partial charge in [-0.25, -0.2) is 4.79 Å². The number of fused-ring (bicyclic) bond motifs is 1. The van der Waals surface area contributed by atoms with Crippen LogP contribution in [0.2, 0.25) is 0 Å². The highest BCUT2D eigenvalue weighted by atomic mass is 79.9. The van der Waals surface area contributed by atoms with E-state index >= 15 is 0 Å². The third-order valence-electron chi connectivity index (χ3n) is 6.60. The van der Waals surface area contributed by atoms with E-state index in [4.69, 9.17) is 4.74 Å². The number of carbonyl (C=O) groups excluding carboxylic acids is 4. The molecule has 1 heterocycles. The number of rotatable bonds is 5. The average molecular weight is 527 g/mol. The number of carbonyl (C=O) groups is 4. The van der Waals surface area contributed by atoms with Gasteiger partial charge in [0.05, 0.1) is 23.1 Å². The maximum absolute atomic E-state index is 12.9. The third kappa shape index (κ3) is 4.78. The van der Waals surface area contributed by atoms with Crippen molar-refractivity contribution in [2.75, 3.05) is 16.8 Å². The fourth-order valence-electron chi connectivity index (χ4n) is 4.82. The van der Waals surface area contributed by atoms with Gasteiger partial charge in [-0.15, -0.1) is 0 Å². The molecule has 0 aromatic heterocycles. The van der Waals surface area contributed by atoms with Gasteiger partial charge in [0.1, 0.15) is 0 Å². The number of anilines is 2. The Morgan fingerprint density at radius 2 is 1.65 bits per heavy atom. The van der Waals surface area contributed by atoms with Gasteiger partial charge in [0.15, 0.2) is 6.61 Å². The quantitative estimate of drug-likeness (QED) is 0.446. The SMILES string of the molecule is Cc1cc(NC(=O)COC(=O)c2ccc(N3C(=O)[C@H]4C[C@@H](C)CC[C@H]4C3=O)cc2)cc(C)c1Br. The van der Waals surface area contributed by atoms with Crippen LogP contribution < -0.4 is 10.2 Å². The normalized spacial score (nSPS) is 21.9. The summed E-state index contributed by atoms with van der Waals surface area (Å²) in [4.78, 5) is 51.6. The molecule has 3 amide bonds. The number of halogens is 1. The van der Waals surface area contributed by atoms with Crippen molar-refractivity contribution in [3.8, 4) is 0 Å². The van der Waals surface area contributed by atoms with Gasteiger partial charge >= 0.3 is 5.97 Å². The van der Waals surface area contributed by atoms with Gasteiger partial charge in [-0.1, -0.05) is 22.9 Å². The molecule has 2 aromatic carbocycles. The lowest BCUT2D eigenvalue weighted by molar-refractivity contribution is -0.122. The lowest BCUT2D eigenvalue weighted by atomic mass is 9.76. The number of amides is 3. The molecule has 7 nitrogen and oxygen atoms in total. The van der Waals surface area contributed by atoms with Gasteiger partial charge in [-0.3, -0.25) is 19.3 Å². The molecule has 1 saturated carbocycles. The van der Waals surface area contributed by atoms with Crippen molar-refractivity contribution in [3.63, 3.8) is 0 Å². The number of hydrogen-bond acceptors (Lipinski definition) is 5. The highest BCUT2D eigenvalue weighted by Crippen LogP contribution is 2.42. The first-order valence-corrected chi connectivity index (χ1v) is 12.2. The third-order valence-corrected chi connectivity index (χ3v) is 7.85. The fourth-order valence-corrected chi connectivity index (χ4v) is 5.05. The van der Waals surface area contributed by atoms with Crippen molar-refractivity contribution in [2.24, 2.45) is 17.8 Å². The zero-order valence-corrected chi connectivity index (χ0v) is 21.0. The molecule has 4 rings (SSSR count). The second-order valence-corrected chi connectivity index (χ2v) is 10.0. The number of benzene rings is 2. The first-order chi connectivity index (χ1) is 16.2. The molecular weight excluding hydrogens is 500 g/mol. The molecule has 1 N–H and O–H groups in total. The van der Waals surface area contributed by atoms with E-state index in [9.17, 15) is 19.2 Å². The molecule has 8 heteroatoms. The summed E-state index contributed by atoms with van der Waals surface area (Å²) in [5.74, 6) is -1.49. The van der Waals surface area contributed by atoms with Crippen molar-refractivity contribution in [1.82, 2.24) is 0 Å². The predicted molar refractivity (Wildman–Crippen MR) is 131 cm³/mol. The van der Waals surface area contributed by atoms with E-state index in [0.29, 0.717) is 17.3 Å². The van der Waals surface area contributed by atoms with Gasteiger partial charge in [0.25, 0.3) is 5.91 Å². The van der Waals surface area contributed by atoms with Crippen molar-refractivity contribution in [3.05, 3.63) is 57.6 Å². The van der Waals surface area contributed by atoms with E-state index in [0.717, 1.165) is 34.9 Å². The second kappa shape index (κ2) is 9.70. The molecule has 1 aliphatic heterocycles. The van der Waals surface area contributed by atoms with E-state index < -0.39 is 18.5 Å². The molecule has 1 aliphatic carbocycles. The van der Waals surface area contributed by atoms with Crippen LogP contribution in [0.15, 0.2) is 40.9 Å². The number of hydrogen-bond donors (Lipinski definition) is 1. The van der Waals surface area contributed by atoms with Crippen LogP contribution >= 0.6 is 15.9 Å². The standard InChI is InChI=1S/C26H27BrN2O5/c1-14-4-9-20-21(10-14)25(32)29(24(20)31)19-7-5-17(6-8-19)26(33)34-13-22(30)28-18-11-15(2)23(27)16(3)12-18/h5-8,11-12,14,20-21H,4,9-10,13H2,1-3H3,(H,28,30)/t14-,20+,21-/m0/s1. The first-order valence-electron chi connectivity index (χ1n) is 11.4. The Morgan fingerprint density at radius 1 is 1.03 bits per heavy atom. The van der Waals surface area contributed by atoms with Gasteiger partial charge in [0, 0.05) is 10.2 Å². The van der Waals surface area contributed by atoms with Crippen LogP contribution in [0.5, 0.6) is 0 Å². The Morgan fingerprint density at radius 3 is 2.29 bits per heavy atom. The Kier molecular flexibility index (Phi) is 6.89. The summed E-state index contributed by atoms with van der Waals surface area (Å²) in [6.45, 7) is 5.53. The summed E-state index contributed by atoms with van der Waals surface area (Å²) < 4.78 is 6.11. The maximum Gasteiger partial charge on any atom is 0.338 e. The molecule has 1 saturated heterocycles. The monoisotopic (exact) mass is 526 g/mol. The maximum atomic E-state index is 12.9.